The Kier molecular flexibility index (Phi) is 6.78. The van der Waals surface area contributed by atoms with Gasteiger partial charge in [-0.1, -0.05) is 0 Å². The monoisotopic (exact) mass is 298 g/mol. The summed E-state index contributed by atoms with van der Waals surface area (Å²) in [5.74, 6) is 1.32. The fraction of sp³-hybridized carbons (Fsp3) is 0.867. The molecule has 0 aromatic rings. The van der Waals surface area contributed by atoms with Crippen LogP contribution in [0.15, 0.2) is 4.99 Å². The lowest BCUT2D eigenvalue weighted by Crippen LogP contribution is -2.44. The zero-order valence-electron chi connectivity index (χ0n) is 14.0. The average molecular weight is 298 g/mol. The van der Waals surface area contributed by atoms with Crippen molar-refractivity contribution in [1.82, 2.24) is 15.5 Å². The van der Waals surface area contributed by atoms with Gasteiger partial charge in [0.2, 0.25) is 0 Å². The van der Waals surface area contributed by atoms with E-state index in [1.807, 2.05) is 32.7 Å². The number of nitrogens with one attached hydrogen (secondary N) is 2. The molecule has 21 heavy (non-hydrogen) atoms. The molecule has 0 aliphatic carbocycles. The Hall–Kier alpha value is -1.46. The fourth-order valence-corrected chi connectivity index (χ4v) is 2.47. The first-order valence-electron chi connectivity index (χ1n) is 7.72. The number of guanidine groups is 1. The van der Waals surface area contributed by atoms with Gasteiger partial charge in [0.1, 0.15) is 5.60 Å². The summed E-state index contributed by atoms with van der Waals surface area (Å²) >= 11 is 0. The summed E-state index contributed by atoms with van der Waals surface area (Å²) in [5, 5.41) is 6.25. The molecule has 0 aromatic carbocycles. The molecule has 1 aliphatic rings. The molecular formula is C15H30N4O2. The van der Waals surface area contributed by atoms with Gasteiger partial charge in [-0.05, 0) is 46.0 Å². The Morgan fingerprint density at radius 3 is 2.71 bits per heavy atom. The number of carbonyl (C=O) groups excluding carboxylic acids is 1. The fourth-order valence-electron chi connectivity index (χ4n) is 2.47. The van der Waals surface area contributed by atoms with E-state index in [-0.39, 0.29) is 6.09 Å². The first-order valence-corrected chi connectivity index (χ1v) is 7.72. The summed E-state index contributed by atoms with van der Waals surface area (Å²) in [5.41, 5.74) is -0.426. The molecule has 1 aliphatic heterocycles. The van der Waals surface area contributed by atoms with E-state index in [4.69, 9.17) is 4.74 Å². The second-order valence-electron chi connectivity index (χ2n) is 6.47. The maximum Gasteiger partial charge on any atom is 0.410 e. The SMILES string of the molecule is CN=C(NC)NCCC1CCCN(C(=O)OC(C)(C)C)C1. The number of hydrogen-bond donors (Lipinski definition) is 2. The Balaban J connectivity index is 2.37. The summed E-state index contributed by atoms with van der Waals surface area (Å²) in [6.07, 6.45) is 3.05. The highest BCUT2D eigenvalue weighted by Crippen LogP contribution is 2.21. The van der Waals surface area contributed by atoms with Crippen LogP contribution in [0.1, 0.15) is 40.0 Å². The smallest absolute Gasteiger partial charge is 0.410 e. The van der Waals surface area contributed by atoms with E-state index in [0.717, 1.165) is 38.4 Å². The van der Waals surface area contributed by atoms with E-state index in [1.165, 1.54) is 6.42 Å². The van der Waals surface area contributed by atoms with Gasteiger partial charge in [0.15, 0.2) is 5.96 Å². The first-order chi connectivity index (χ1) is 9.85. The van der Waals surface area contributed by atoms with Crippen LogP contribution in [0.5, 0.6) is 0 Å². The average Bonchev–Trinajstić information content (AvgIpc) is 2.42. The van der Waals surface area contributed by atoms with Crippen LogP contribution < -0.4 is 10.6 Å². The standard InChI is InChI=1S/C15H30N4O2/c1-15(2,3)21-14(20)19-10-6-7-12(11-19)8-9-18-13(16-4)17-5/h12H,6-11H2,1-5H3,(H2,16,17,18). The van der Waals surface area contributed by atoms with Gasteiger partial charge in [-0.2, -0.15) is 0 Å². The van der Waals surface area contributed by atoms with Crippen molar-refractivity contribution in [3.05, 3.63) is 0 Å². The van der Waals surface area contributed by atoms with Crippen molar-refractivity contribution in [2.24, 2.45) is 10.9 Å². The molecule has 1 unspecified atom stereocenters. The van der Waals surface area contributed by atoms with Crippen molar-refractivity contribution >= 4 is 12.1 Å². The second kappa shape index (κ2) is 8.10. The lowest BCUT2D eigenvalue weighted by molar-refractivity contribution is 0.0162. The molecule has 6 nitrogen and oxygen atoms in total. The van der Waals surface area contributed by atoms with Crippen LogP contribution in [0.3, 0.4) is 0 Å². The van der Waals surface area contributed by atoms with E-state index >= 15 is 0 Å². The third-order valence-electron chi connectivity index (χ3n) is 3.48. The highest BCUT2D eigenvalue weighted by atomic mass is 16.6. The van der Waals surface area contributed by atoms with Crippen LogP contribution in [-0.2, 0) is 4.74 Å². The van der Waals surface area contributed by atoms with Crippen LogP contribution in [-0.4, -0.2) is 56.3 Å². The van der Waals surface area contributed by atoms with Gasteiger partial charge < -0.3 is 20.3 Å². The first kappa shape index (κ1) is 17.6. The number of aliphatic imine (C=N–C) groups is 1. The quantitative estimate of drug-likeness (QED) is 0.616. The maximum absolute atomic E-state index is 12.1. The topological polar surface area (TPSA) is 66.0 Å². The Morgan fingerprint density at radius 1 is 1.43 bits per heavy atom. The van der Waals surface area contributed by atoms with Crippen LogP contribution in [0.2, 0.25) is 0 Å². The lowest BCUT2D eigenvalue weighted by atomic mass is 9.95. The number of piperidine rings is 1. The largest absolute Gasteiger partial charge is 0.444 e. The lowest BCUT2D eigenvalue weighted by Gasteiger charge is -2.34. The van der Waals surface area contributed by atoms with E-state index in [0.29, 0.717) is 5.92 Å². The molecule has 1 rings (SSSR count). The minimum Gasteiger partial charge on any atom is -0.444 e. The molecular weight excluding hydrogens is 268 g/mol. The summed E-state index contributed by atoms with van der Waals surface area (Å²) < 4.78 is 5.45. The molecule has 6 heteroatoms. The van der Waals surface area contributed by atoms with Gasteiger partial charge in [-0.15, -0.1) is 0 Å². The van der Waals surface area contributed by atoms with E-state index < -0.39 is 5.60 Å². The zero-order valence-corrected chi connectivity index (χ0v) is 14.0. The van der Waals surface area contributed by atoms with Gasteiger partial charge in [0.25, 0.3) is 0 Å². The van der Waals surface area contributed by atoms with Crippen LogP contribution >= 0.6 is 0 Å². The Morgan fingerprint density at radius 2 is 2.14 bits per heavy atom. The number of nitrogens with zero attached hydrogens (tertiary/aromatic N) is 2. The number of hydrogen-bond acceptors (Lipinski definition) is 3. The van der Waals surface area contributed by atoms with Gasteiger partial charge in [0.05, 0.1) is 0 Å². The molecule has 1 heterocycles. The number of carbonyl (C=O) groups is 1. The van der Waals surface area contributed by atoms with E-state index in [2.05, 4.69) is 15.6 Å². The summed E-state index contributed by atoms with van der Waals surface area (Å²) in [7, 11) is 3.60. The number of ether oxygens (including phenoxy) is 1. The summed E-state index contributed by atoms with van der Waals surface area (Å²) in [4.78, 5) is 18.0. The predicted molar refractivity (Wildman–Crippen MR) is 85.6 cm³/mol. The molecule has 0 radical (unpaired) electrons. The Bertz CT molecular complexity index is 363. The maximum atomic E-state index is 12.1. The van der Waals surface area contributed by atoms with Crippen LogP contribution in [0.4, 0.5) is 4.79 Å². The summed E-state index contributed by atoms with van der Waals surface area (Å²) in [6.45, 7) is 8.16. The second-order valence-corrected chi connectivity index (χ2v) is 6.47. The van der Waals surface area contributed by atoms with Gasteiger partial charge >= 0.3 is 6.09 Å². The van der Waals surface area contributed by atoms with Crippen molar-refractivity contribution in [2.45, 2.75) is 45.6 Å². The van der Waals surface area contributed by atoms with Crippen molar-refractivity contribution in [3.8, 4) is 0 Å². The molecule has 1 amide bonds. The van der Waals surface area contributed by atoms with Crippen molar-refractivity contribution in [3.63, 3.8) is 0 Å². The third-order valence-corrected chi connectivity index (χ3v) is 3.48. The molecule has 1 atom stereocenters. The zero-order chi connectivity index (χ0) is 15.9. The van der Waals surface area contributed by atoms with Crippen LogP contribution in [0, 0.1) is 5.92 Å². The van der Waals surface area contributed by atoms with Gasteiger partial charge in [-0.25, -0.2) is 4.79 Å². The van der Waals surface area contributed by atoms with E-state index in [9.17, 15) is 4.79 Å². The van der Waals surface area contributed by atoms with Crippen molar-refractivity contribution in [2.75, 3.05) is 33.7 Å². The Labute approximate surface area is 128 Å². The highest BCUT2D eigenvalue weighted by molar-refractivity contribution is 5.79. The van der Waals surface area contributed by atoms with Gasteiger partial charge in [0, 0.05) is 33.7 Å². The number of likely N-dealkylation sites (tertiary alicyclic amines) is 1. The molecule has 2 N–H and O–H groups in total. The minimum absolute atomic E-state index is 0.189. The highest BCUT2D eigenvalue weighted by Gasteiger charge is 2.27. The molecule has 0 aromatic heterocycles. The number of amides is 1. The third kappa shape index (κ3) is 6.69. The van der Waals surface area contributed by atoms with Crippen LogP contribution in [0.25, 0.3) is 0 Å². The van der Waals surface area contributed by atoms with E-state index in [1.54, 1.807) is 7.05 Å². The van der Waals surface area contributed by atoms with Crippen molar-refractivity contribution in [1.29, 1.82) is 0 Å². The summed E-state index contributed by atoms with van der Waals surface area (Å²) in [6, 6.07) is 0. The minimum atomic E-state index is -0.426. The van der Waals surface area contributed by atoms with Gasteiger partial charge in [-0.3, -0.25) is 4.99 Å². The number of rotatable bonds is 3. The van der Waals surface area contributed by atoms with Crippen molar-refractivity contribution < 1.29 is 9.53 Å². The molecule has 1 saturated heterocycles. The molecule has 0 saturated carbocycles. The normalized spacial score (nSPS) is 20.1. The molecule has 122 valence electrons. The predicted octanol–water partition coefficient (Wildman–Crippen LogP) is 1.82. The molecule has 0 spiro atoms. The molecule has 1 fully saturated rings. The molecule has 0 bridgehead atoms.